The van der Waals surface area contributed by atoms with Crippen LogP contribution in [0.4, 0.5) is 5.13 Å². The van der Waals surface area contributed by atoms with Crippen molar-refractivity contribution in [2.24, 2.45) is 0 Å². The molecule has 0 spiro atoms. The molecule has 0 saturated heterocycles. The van der Waals surface area contributed by atoms with E-state index in [1.54, 1.807) is 18.4 Å². The zero-order chi connectivity index (χ0) is 17.6. The zero-order valence-corrected chi connectivity index (χ0v) is 15.8. The Hall–Kier alpha value is -2.00. The molecule has 3 aromatic rings. The van der Waals surface area contributed by atoms with Crippen molar-refractivity contribution in [1.29, 1.82) is 0 Å². The maximum absolute atomic E-state index is 5.15. The minimum Gasteiger partial charge on any atom is -0.377 e. The number of aryl methyl sites for hydroxylation is 1. The number of ether oxygens (including phenoxy) is 1. The first-order valence-electron chi connectivity index (χ1n) is 8.50. The van der Waals surface area contributed by atoms with Crippen LogP contribution in [0.1, 0.15) is 57.0 Å². The minimum absolute atomic E-state index is 0.0263. The summed E-state index contributed by atoms with van der Waals surface area (Å²) in [5.41, 5.74) is 1.08. The molecule has 25 heavy (non-hydrogen) atoms. The molecule has 0 saturated carbocycles. The van der Waals surface area contributed by atoms with Gasteiger partial charge in [0.2, 0.25) is 10.1 Å². The predicted molar refractivity (Wildman–Crippen MR) is 95.9 cm³/mol. The Morgan fingerprint density at radius 1 is 1.32 bits per heavy atom. The molecule has 0 bridgehead atoms. The second kappa shape index (κ2) is 6.06. The van der Waals surface area contributed by atoms with Gasteiger partial charge in [-0.05, 0) is 12.8 Å². The Morgan fingerprint density at radius 3 is 2.88 bits per heavy atom. The third kappa shape index (κ3) is 3.13. The summed E-state index contributed by atoms with van der Waals surface area (Å²) >= 11 is 1.57. The highest BCUT2D eigenvalue weighted by atomic mass is 32.1. The Morgan fingerprint density at radius 2 is 2.16 bits per heavy atom. The molecule has 0 fully saturated rings. The lowest BCUT2D eigenvalue weighted by Crippen LogP contribution is -2.22. The van der Waals surface area contributed by atoms with Crippen molar-refractivity contribution in [3.8, 4) is 0 Å². The Bertz CT molecular complexity index is 857. The van der Waals surface area contributed by atoms with Crippen molar-refractivity contribution >= 4 is 21.4 Å². The molecule has 9 heteroatoms. The van der Waals surface area contributed by atoms with Gasteiger partial charge in [0.1, 0.15) is 12.4 Å². The first kappa shape index (κ1) is 16.5. The third-order valence-electron chi connectivity index (χ3n) is 4.30. The summed E-state index contributed by atoms with van der Waals surface area (Å²) in [7, 11) is 1.66. The fraction of sp³-hybridized carbons (Fsp3) is 0.625. The van der Waals surface area contributed by atoms with Crippen LogP contribution < -0.4 is 5.32 Å². The van der Waals surface area contributed by atoms with Gasteiger partial charge in [0.05, 0.1) is 17.9 Å². The van der Waals surface area contributed by atoms with Gasteiger partial charge >= 0.3 is 0 Å². The van der Waals surface area contributed by atoms with E-state index in [2.05, 4.69) is 41.3 Å². The van der Waals surface area contributed by atoms with Gasteiger partial charge in [0, 0.05) is 19.1 Å². The number of nitrogens with one attached hydrogen (secondary N) is 1. The van der Waals surface area contributed by atoms with Gasteiger partial charge in [-0.3, -0.25) is 0 Å². The fourth-order valence-electron chi connectivity index (χ4n) is 3.00. The summed E-state index contributed by atoms with van der Waals surface area (Å²) in [6.07, 6.45) is 4.09. The number of rotatable bonds is 4. The largest absolute Gasteiger partial charge is 0.377 e. The van der Waals surface area contributed by atoms with Gasteiger partial charge in [0.15, 0.2) is 5.82 Å². The molecule has 3 aromatic heterocycles. The molecular formula is C16H23N7OS. The molecule has 4 heterocycles. The van der Waals surface area contributed by atoms with Crippen LogP contribution in [0, 0.1) is 0 Å². The molecule has 1 atom stereocenters. The maximum Gasteiger partial charge on any atom is 0.214 e. The van der Waals surface area contributed by atoms with Crippen LogP contribution in [0.3, 0.4) is 0 Å². The summed E-state index contributed by atoms with van der Waals surface area (Å²) in [6.45, 7) is 7.81. The average molecular weight is 361 g/mol. The van der Waals surface area contributed by atoms with E-state index in [4.69, 9.17) is 9.72 Å². The number of aromatic nitrogens is 6. The van der Waals surface area contributed by atoms with Crippen molar-refractivity contribution in [2.45, 2.75) is 58.2 Å². The molecule has 0 amide bonds. The number of nitrogens with zero attached hydrogens (tertiary/aromatic N) is 6. The summed E-state index contributed by atoms with van der Waals surface area (Å²) < 4.78 is 8.98. The van der Waals surface area contributed by atoms with Gasteiger partial charge in [-0.25, -0.2) is 19.2 Å². The highest BCUT2D eigenvalue weighted by Crippen LogP contribution is 2.30. The first-order valence-corrected chi connectivity index (χ1v) is 9.31. The molecule has 1 unspecified atom stereocenters. The normalized spacial score (nSPS) is 17.8. The smallest absolute Gasteiger partial charge is 0.214 e. The van der Waals surface area contributed by atoms with Crippen LogP contribution in [0.15, 0.2) is 6.20 Å². The topological polar surface area (TPSA) is 82.2 Å². The van der Waals surface area contributed by atoms with Gasteiger partial charge in [-0.1, -0.05) is 32.1 Å². The Kier molecular flexibility index (Phi) is 3.99. The van der Waals surface area contributed by atoms with Crippen LogP contribution in [0.25, 0.3) is 4.96 Å². The fourth-order valence-corrected chi connectivity index (χ4v) is 3.83. The van der Waals surface area contributed by atoms with E-state index in [-0.39, 0.29) is 11.5 Å². The van der Waals surface area contributed by atoms with E-state index in [9.17, 15) is 0 Å². The molecule has 1 aliphatic heterocycles. The third-order valence-corrected chi connectivity index (χ3v) is 5.16. The number of imidazole rings is 1. The number of methoxy groups -OCH3 is 1. The number of anilines is 1. The quantitative estimate of drug-likeness (QED) is 0.769. The lowest BCUT2D eigenvalue weighted by Gasteiger charge is -2.22. The van der Waals surface area contributed by atoms with Gasteiger partial charge in [-0.2, -0.15) is 5.10 Å². The van der Waals surface area contributed by atoms with Crippen molar-refractivity contribution in [3.05, 3.63) is 23.5 Å². The Balaban J connectivity index is 1.57. The summed E-state index contributed by atoms with van der Waals surface area (Å²) in [5.74, 6) is 1.69. The summed E-state index contributed by atoms with van der Waals surface area (Å²) in [4.78, 5) is 10.2. The molecule has 0 radical (unpaired) electrons. The second-order valence-electron chi connectivity index (χ2n) is 7.39. The molecule has 8 nitrogen and oxygen atoms in total. The van der Waals surface area contributed by atoms with E-state index in [1.165, 1.54) is 0 Å². The molecular weight excluding hydrogens is 338 g/mol. The van der Waals surface area contributed by atoms with Crippen LogP contribution in [0.5, 0.6) is 0 Å². The number of hydrogen-bond acceptors (Lipinski definition) is 7. The van der Waals surface area contributed by atoms with Crippen molar-refractivity contribution in [1.82, 2.24) is 29.4 Å². The standard InChI is InChI=1S/C16H23N7OS/c1-16(2,3)11-8-23-15(18-11)25-14(21-23)17-10-6-5-7-22-13(10)19-12(20-22)9-24-4/h8,10H,5-7,9H2,1-4H3,(H,17,21). The second-order valence-corrected chi connectivity index (χ2v) is 8.35. The zero-order valence-electron chi connectivity index (χ0n) is 15.0. The van der Waals surface area contributed by atoms with Gasteiger partial charge in [-0.15, -0.1) is 5.10 Å². The van der Waals surface area contributed by atoms with E-state index in [0.717, 1.165) is 46.8 Å². The molecule has 134 valence electrons. The Labute approximate surface area is 150 Å². The SMILES string of the molecule is COCc1nc2n(n1)CCCC2Nc1nn2cc(C(C)(C)C)nc2s1. The lowest BCUT2D eigenvalue weighted by atomic mass is 9.93. The number of hydrogen-bond donors (Lipinski definition) is 1. The van der Waals surface area contributed by atoms with Crippen LogP contribution in [-0.4, -0.2) is 36.5 Å². The van der Waals surface area contributed by atoms with Crippen molar-refractivity contribution in [3.63, 3.8) is 0 Å². The van der Waals surface area contributed by atoms with E-state index < -0.39 is 0 Å². The lowest BCUT2D eigenvalue weighted by molar-refractivity contribution is 0.177. The van der Waals surface area contributed by atoms with Crippen molar-refractivity contribution in [2.75, 3.05) is 12.4 Å². The van der Waals surface area contributed by atoms with Crippen molar-refractivity contribution < 1.29 is 4.74 Å². The monoisotopic (exact) mass is 361 g/mol. The molecule has 0 aliphatic carbocycles. The summed E-state index contributed by atoms with van der Waals surface area (Å²) in [5, 5.41) is 13.5. The molecule has 0 aromatic carbocycles. The minimum atomic E-state index is 0.0263. The summed E-state index contributed by atoms with van der Waals surface area (Å²) in [6, 6.07) is 0.116. The van der Waals surface area contributed by atoms with Crippen LogP contribution in [0.2, 0.25) is 0 Å². The number of fused-ring (bicyclic) bond motifs is 2. The van der Waals surface area contributed by atoms with Gasteiger partial charge in [0.25, 0.3) is 0 Å². The predicted octanol–water partition coefficient (Wildman–Crippen LogP) is 2.77. The first-order chi connectivity index (χ1) is 11.9. The molecule has 4 rings (SSSR count). The van der Waals surface area contributed by atoms with Gasteiger partial charge < -0.3 is 10.1 Å². The van der Waals surface area contributed by atoms with E-state index in [1.807, 2.05) is 15.4 Å². The maximum atomic E-state index is 5.15. The molecule has 1 N–H and O–H groups in total. The van der Waals surface area contributed by atoms with E-state index in [0.29, 0.717) is 6.61 Å². The van der Waals surface area contributed by atoms with Crippen LogP contribution >= 0.6 is 11.3 Å². The average Bonchev–Trinajstić information content (AvgIpc) is 3.19. The van der Waals surface area contributed by atoms with Crippen LogP contribution in [-0.2, 0) is 23.3 Å². The van der Waals surface area contributed by atoms with E-state index >= 15 is 0 Å². The highest BCUT2D eigenvalue weighted by Gasteiger charge is 2.26. The molecule has 1 aliphatic rings. The highest BCUT2D eigenvalue weighted by molar-refractivity contribution is 7.20.